The molecule has 0 amide bonds. The normalized spacial score (nSPS) is 22.9. The highest BCUT2D eigenvalue weighted by Crippen LogP contribution is 2.35. The average molecular weight is 447 g/mol. The molecular weight excluding hydrogens is 420 g/mol. The monoisotopic (exact) mass is 446 g/mol. The van der Waals surface area contributed by atoms with Gasteiger partial charge in [-0.1, -0.05) is 60.7 Å². The third-order valence-corrected chi connectivity index (χ3v) is 6.06. The van der Waals surface area contributed by atoms with Crippen LogP contribution in [0.1, 0.15) is 17.4 Å². The lowest BCUT2D eigenvalue weighted by Gasteiger charge is -2.33. The predicted molar refractivity (Wildman–Crippen MR) is 123 cm³/mol. The Morgan fingerprint density at radius 3 is 2.18 bits per heavy atom. The van der Waals surface area contributed by atoms with Gasteiger partial charge in [-0.05, 0) is 11.1 Å². The summed E-state index contributed by atoms with van der Waals surface area (Å²) in [6.45, 7) is 0.940. The summed E-state index contributed by atoms with van der Waals surface area (Å²) < 4.78 is 7.82. The number of imidazole rings is 1. The Kier molecular flexibility index (Phi) is 6.01. The third-order valence-electron chi connectivity index (χ3n) is 6.06. The first kappa shape index (κ1) is 21.5. The maximum absolute atomic E-state index is 11.5. The van der Waals surface area contributed by atoms with Crippen LogP contribution in [-0.4, -0.2) is 59.5 Å². The summed E-state index contributed by atoms with van der Waals surface area (Å²) in [5.74, 6) is 0.260. The highest BCUT2D eigenvalue weighted by molar-refractivity contribution is 5.81. The van der Waals surface area contributed by atoms with Crippen LogP contribution in [0.15, 0.2) is 73.3 Å². The molecule has 33 heavy (non-hydrogen) atoms. The van der Waals surface area contributed by atoms with Gasteiger partial charge in [0.2, 0.25) is 0 Å². The van der Waals surface area contributed by atoms with Crippen LogP contribution >= 0.6 is 0 Å². The van der Waals surface area contributed by atoms with Crippen molar-refractivity contribution in [1.82, 2.24) is 24.4 Å². The van der Waals surface area contributed by atoms with Crippen LogP contribution < -0.4 is 5.73 Å². The van der Waals surface area contributed by atoms with Crippen molar-refractivity contribution in [3.63, 3.8) is 0 Å². The molecule has 1 fully saturated rings. The van der Waals surface area contributed by atoms with Crippen molar-refractivity contribution >= 4 is 17.0 Å². The van der Waals surface area contributed by atoms with E-state index in [1.165, 1.54) is 6.33 Å². The molecule has 170 valence electrons. The van der Waals surface area contributed by atoms with E-state index in [4.69, 9.17) is 10.5 Å². The van der Waals surface area contributed by atoms with Gasteiger partial charge in [-0.25, -0.2) is 15.0 Å². The Hall–Kier alpha value is -3.37. The Morgan fingerprint density at radius 2 is 1.58 bits per heavy atom. The molecule has 5 rings (SSSR count). The number of benzene rings is 2. The van der Waals surface area contributed by atoms with Gasteiger partial charge in [-0.2, -0.15) is 0 Å². The standard InChI is InChI=1S/C24H26N6O3/c25-22-19-23(27-14-26-22)30(15-28-19)24-21(32)20(18(13-31)33-24)29(11-16-7-3-1-4-8-16)12-17-9-5-2-6-10-17/h1-10,14-15,18,20-21,24,31-32H,11-13H2,(H2,25,26,27). The lowest BCUT2D eigenvalue weighted by atomic mass is 10.0. The summed E-state index contributed by atoms with van der Waals surface area (Å²) >= 11 is 0. The van der Waals surface area contributed by atoms with Crippen molar-refractivity contribution in [2.24, 2.45) is 0 Å². The van der Waals surface area contributed by atoms with Gasteiger partial charge in [-0.3, -0.25) is 9.47 Å². The summed E-state index contributed by atoms with van der Waals surface area (Å²) in [6, 6.07) is 19.7. The zero-order valence-corrected chi connectivity index (χ0v) is 18.0. The van der Waals surface area contributed by atoms with Crippen LogP contribution in [0.25, 0.3) is 11.2 Å². The van der Waals surface area contributed by atoms with E-state index >= 15 is 0 Å². The van der Waals surface area contributed by atoms with E-state index in [2.05, 4.69) is 44.1 Å². The molecule has 2 aromatic carbocycles. The van der Waals surface area contributed by atoms with Gasteiger partial charge in [0, 0.05) is 13.1 Å². The summed E-state index contributed by atoms with van der Waals surface area (Å²) in [5, 5.41) is 21.7. The molecule has 4 N–H and O–H groups in total. The van der Waals surface area contributed by atoms with Crippen LogP contribution in [0.5, 0.6) is 0 Å². The number of nitrogens with two attached hydrogens (primary N) is 1. The van der Waals surface area contributed by atoms with E-state index < -0.39 is 24.5 Å². The van der Waals surface area contributed by atoms with Crippen molar-refractivity contribution in [2.75, 3.05) is 12.3 Å². The largest absolute Gasteiger partial charge is 0.394 e. The Bertz CT molecular complexity index is 1160. The van der Waals surface area contributed by atoms with Gasteiger partial charge in [0.05, 0.1) is 19.0 Å². The van der Waals surface area contributed by atoms with E-state index in [1.54, 1.807) is 10.9 Å². The van der Waals surface area contributed by atoms with E-state index in [-0.39, 0.29) is 12.4 Å². The fourth-order valence-electron chi connectivity index (χ4n) is 4.52. The summed E-state index contributed by atoms with van der Waals surface area (Å²) in [5.41, 5.74) is 9.06. The molecule has 0 aliphatic carbocycles. The second-order valence-electron chi connectivity index (χ2n) is 8.19. The molecule has 1 aliphatic rings. The number of nitrogens with zero attached hydrogens (tertiary/aromatic N) is 5. The number of rotatable bonds is 7. The van der Waals surface area contributed by atoms with E-state index in [0.29, 0.717) is 24.3 Å². The highest BCUT2D eigenvalue weighted by atomic mass is 16.5. The zero-order chi connectivity index (χ0) is 22.8. The molecule has 9 nitrogen and oxygen atoms in total. The van der Waals surface area contributed by atoms with Gasteiger partial charge in [0.25, 0.3) is 0 Å². The Labute approximate surface area is 191 Å². The zero-order valence-electron chi connectivity index (χ0n) is 18.0. The van der Waals surface area contributed by atoms with Gasteiger partial charge < -0.3 is 20.7 Å². The molecule has 9 heteroatoms. The molecule has 0 saturated carbocycles. The average Bonchev–Trinajstić information content (AvgIpc) is 3.41. The number of hydrogen-bond acceptors (Lipinski definition) is 8. The number of hydrogen-bond donors (Lipinski definition) is 3. The van der Waals surface area contributed by atoms with Crippen LogP contribution in [-0.2, 0) is 17.8 Å². The summed E-state index contributed by atoms with van der Waals surface area (Å²) in [7, 11) is 0. The fraction of sp³-hybridized carbons (Fsp3) is 0.292. The van der Waals surface area contributed by atoms with Crippen molar-refractivity contribution < 1.29 is 14.9 Å². The number of aromatic nitrogens is 4. The first-order valence-electron chi connectivity index (χ1n) is 10.8. The lowest BCUT2D eigenvalue weighted by molar-refractivity contribution is -0.0501. The van der Waals surface area contributed by atoms with Gasteiger partial charge in [-0.15, -0.1) is 0 Å². The minimum Gasteiger partial charge on any atom is -0.394 e. The van der Waals surface area contributed by atoms with Gasteiger partial charge >= 0.3 is 0 Å². The minimum atomic E-state index is -0.942. The molecule has 0 bridgehead atoms. The first-order valence-corrected chi connectivity index (χ1v) is 10.8. The second kappa shape index (κ2) is 9.24. The summed E-state index contributed by atoms with van der Waals surface area (Å²) in [6.07, 6.45) is 0.576. The van der Waals surface area contributed by atoms with Crippen molar-refractivity contribution in [3.05, 3.63) is 84.4 Å². The molecule has 1 saturated heterocycles. The Morgan fingerprint density at radius 1 is 0.939 bits per heavy atom. The Balaban J connectivity index is 1.49. The van der Waals surface area contributed by atoms with Crippen molar-refractivity contribution in [3.8, 4) is 0 Å². The summed E-state index contributed by atoms with van der Waals surface area (Å²) in [4.78, 5) is 14.7. The number of aliphatic hydroxyl groups is 2. The molecule has 4 aromatic rings. The molecular formula is C24H26N6O3. The number of anilines is 1. The smallest absolute Gasteiger partial charge is 0.167 e. The SMILES string of the molecule is Nc1ncnc2c1ncn2C1OC(CO)C(N(Cc2ccccc2)Cc2ccccc2)C1O. The molecule has 4 atom stereocenters. The minimum absolute atomic E-state index is 0.234. The topological polar surface area (TPSA) is 123 Å². The van der Waals surface area contributed by atoms with Gasteiger partial charge in [0.1, 0.15) is 24.1 Å². The van der Waals surface area contributed by atoms with Crippen LogP contribution in [0.4, 0.5) is 5.82 Å². The number of aliphatic hydroxyl groups excluding tert-OH is 2. The maximum Gasteiger partial charge on any atom is 0.167 e. The van der Waals surface area contributed by atoms with Crippen molar-refractivity contribution in [1.29, 1.82) is 0 Å². The number of ether oxygens (including phenoxy) is 1. The van der Waals surface area contributed by atoms with Gasteiger partial charge in [0.15, 0.2) is 17.7 Å². The first-order chi connectivity index (χ1) is 16.2. The number of nitrogen functional groups attached to an aromatic ring is 1. The fourth-order valence-corrected chi connectivity index (χ4v) is 4.52. The molecule has 2 aromatic heterocycles. The van der Waals surface area contributed by atoms with E-state index in [0.717, 1.165) is 11.1 Å². The predicted octanol–water partition coefficient (Wildman–Crippen LogP) is 1.73. The molecule has 0 spiro atoms. The van der Waals surface area contributed by atoms with Crippen LogP contribution in [0.2, 0.25) is 0 Å². The van der Waals surface area contributed by atoms with E-state index in [1.807, 2.05) is 36.4 Å². The molecule has 4 unspecified atom stereocenters. The molecule has 3 heterocycles. The van der Waals surface area contributed by atoms with Crippen LogP contribution in [0.3, 0.4) is 0 Å². The highest BCUT2D eigenvalue weighted by Gasteiger charge is 2.47. The quantitative estimate of drug-likeness (QED) is 0.392. The molecule has 1 aliphatic heterocycles. The number of fused-ring (bicyclic) bond motifs is 1. The van der Waals surface area contributed by atoms with E-state index in [9.17, 15) is 10.2 Å². The van der Waals surface area contributed by atoms with Crippen LogP contribution in [0, 0.1) is 0 Å². The third kappa shape index (κ3) is 4.19. The molecule has 0 radical (unpaired) electrons. The second-order valence-corrected chi connectivity index (χ2v) is 8.19. The lowest BCUT2D eigenvalue weighted by Crippen LogP contribution is -2.47. The van der Waals surface area contributed by atoms with Crippen molar-refractivity contribution in [2.45, 2.75) is 37.6 Å². The maximum atomic E-state index is 11.5.